The lowest BCUT2D eigenvalue weighted by Gasteiger charge is -2.20. The third-order valence-corrected chi connectivity index (χ3v) is 4.15. The molecule has 2 N–H and O–H groups in total. The number of hydrogen-bond acceptors (Lipinski definition) is 5. The molecule has 0 saturated heterocycles. The molecular formula is C18H23N5O. The van der Waals surface area contributed by atoms with Crippen molar-refractivity contribution in [1.82, 2.24) is 19.7 Å². The summed E-state index contributed by atoms with van der Waals surface area (Å²) in [5.41, 5.74) is 3.00. The van der Waals surface area contributed by atoms with Crippen molar-refractivity contribution in [2.24, 2.45) is 7.05 Å². The molecule has 2 heterocycles. The normalized spacial score (nSPS) is 13.2. The lowest BCUT2D eigenvalue weighted by atomic mass is 9.86. The molecule has 0 aliphatic carbocycles. The van der Waals surface area contributed by atoms with Crippen molar-refractivity contribution < 1.29 is 5.11 Å². The van der Waals surface area contributed by atoms with E-state index in [9.17, 15) is 5.11 Å². The molecule has 0 fully saturated rings. The fourth-order valence-electron chi connectivity index (χ4n) is 2.62. The summed E-state index contributed by atoms with van der Waals surface area (Å²) in [6, 6.07) is 8.10. The molecule has 1 unspecified atom stereocenters. The number of nitrogens with zero attached hydrogens (tertiary/aromatic N) is 4. The Hall–Kier alpha value is -2.47. The van der Waals surface area contributed by atoms with Crippen molar-refractivity contribution in [3.8, 4) is 0 Å². The van der Waals surface area contributed by atoms with Crippen LogP contribution in [0.2, 0.25) is 0 Å². The van der Waals surface area contributed by atoms with Gasteiger partial charge in [-0.25, -0.2) is 9.97 Å². The summed E-state index contributed by atoms with van der Waals surface area (Å²) in [7, 11) is 1.84. The van der Waals surface area contributed by atoms with Crippen LogP contribution in [-0.2, 0) is 12.5 Å². The average molecular weight is 325 g/mol. The molecule has 3 rings (SSSR count). The molecule has 2 aromatic heterocycles. The largest absolute Gasteiger partial charge is 0.387 e. The lowest BCUT2D eigenvalue weighted by molar-refractivity contribution is 0.191. The minimum atomic E-state index is -0.610. The van der Waals surface area contributed by atoms with Crippen LogP contribution in [0.5, 0.6) is 0 Å². The van der Waals surface area contributed by atoms with Crippen LogP contribution in [0.25, 0.3) is 11.0 Å². The molecule has 126 valence electrons. The summed E-state index contributed by atoms with van der Waals surface area (Å²) in [4.78, 5) is 8.45. The number of aliphatic hydroxyl groups is 1. The highest BCUT2D eigenvalue weighted by Crippen LogP contribution is 2.24. The van der Waals surface area contributed by atoms with Gasteiger partial charge in [-0.2, -0.15) is 5.10 Å². The molecule has 0 radical (unpaired) electrons. The van der Waals surface area contributed by atoms with E-state index in [1.165, 1.54) is 11.9 Å². The smallest absolute Gasteiger partial charge is 0.163 e. The fraction of sp³-hybridized carbons (Fsp3) is 0.389. The van der Waals surface area contributed by atoms with E-state index in [0.717, 1.165) is 16.6 Å². The van der Waals surface area contributed by atoms with Crippen LogP contribution in [0.1, 0.15) is 38.0 Å². The third kappa shape index (κ3) is 3.23. The van der Waals surface area contributed by atoms with E-state index in [-0.39, 0.29) is 5.41 Å². The molecule has 0 aliphatic heterocycles. The maximum absolute atomic E-state index is 10.4. The second kappa shape index (κ2) is 6.20. The number of rotatable bonds is 4. The van der Waals surface area contributed by atoms with Crippen LogP contribution in [-0.4, -0.2) is 31.4 Å². The van der Waals surface area contributed by atoms with E-state index in [1.807, 2.05) is 19.2 Å². The maximum atomic E-state index is 10.4. The zero-order chi connectivity index (χ0) is 17.3. The van der Waals surface area contributed by atoms with Gasteiger partial charge in [-0.05, 0) is 16.5 Å². The monoisotopic (exact) mass is 325 g/mol. The Kier molecular flexibility index (Phi) is 4.24. The standard InChI is InChI=1S/C18H23N5O/c1-18(2,3)13-7-5-12(6-8-13)15(24)10-19-16-14-9-22-23(4)17(14)21-11-20-16/h5-9,11,15,24H,10H2,1-4H3,(H,19,20,21). The summed E-state index contributed by atoms with van der Waals surface area (Å²) in [5.74, 6) is 0.679. The second-order valence-electron chi connectivity index (χ2n) is 7.00. The van der Waals surface area contributed by atoms with Crippen molar-refractivity contribution in [2.75, 3.05) is 11.9 Å². The first-order chi connectivity index (χ1) is 11.4. The fourth-order valence-corrected chi connectivity index (χ4v) is 2.62. The van der Waals surface area contributed by atoms with E-state index >= 15 is 0 Å². The van der Waals surface area contributed by atoms with E-state index in [2.05, 4.69) is 53.3 Å². The minimum absolute atomic E-state index is 0.106. The summed E-state index contributed by atoms with van der Waals surface area (Å²) in [5, 5.41) is 18.6. The Morgan fingerprint density at radius 3 is 2.54 bits per heavy atom. The Morgan fingerprint density at radius 1 is 1.17 bits per heavy atom. The Morgan fingerprint density at radius 2 is 1.88 bits per heavy atom. The number of aryl methyl sites for hydroxylation is 1. The van der Waals surface area contributed by atoms with Crippen LogP contribution in [0.3, 0.4) is 0 Å². The molecule has 3 aromatic rings. The Labute approximate surface area is 141 Å². The van der Waals surface area contributed by atoms with Crippen LogP contribution in [0, 0.1) is 0 Å². The van der Waals surface area contributed by atoms with Gasteiger partial charge in [0.2, 0.25) is 0 Å². The summed E-state index contributed by atoms with van der Waals surface area (Å²) in [6.45, 7) is 6.90. The summed E-state index contributed by atoms with van der Waals surface area (Å²) < 4.78 is 1.70. The molecule has 1 atom stereocenters. The SMILES string of the molecule is Cn1ncc2c(NCC(O)c3ccc(C(C)(C)C)cc3)ncnc21. The molecule has 0 saturated carbocycles. The van der Waals surface area contributed by atoms with Crippen molar-refractivity contribution in [1.29, 1.82) is 0 Å². The molecule has 0 spiro atoms. The first kappa shape index (κ1) is 16.4. The number of aliphatic hydroxyl groups excluding tert-OH is 1. The van der Waals surface area contributed by atoms with Gasteiger partial charge in [0.1, 0.15) is 12.1 Å². The van der Waals surface area contributed by atoms with E-state index < -0.39 is 6.10 Å². The van der Waals surface area contributed by atoms with E-state index in [0.29, 0.717) is 12.4 Å². The number of aromatic nitrogens is 4. The van der Waals surface area contributed by atoms with Gasteiger partial charge in [0.25, 0.3) is 0 Å². The maximum Gasteiger partial charge on any atom is 0.163 e. The van der Waals surface area contributed by atoms with Gasteiger partial charge in [0, 0.05) is 13.6 Å². The summed E-state index contributed by atoms with van der Waals surface area (Å²) >= 11 is 0. The van der Waals surface area contributed by atoms with Gasteiger partial charge >= 0.3 is 0 Å². The highest BCUT2D eigenvalue weighted by atomic mass is 16.3. The van der Waals surface area contributed by atoms with Crippen LogP contribution in [0.4, 0.5) is 5.82 Å². The van der Waals surface area contributed by atoms with Gasteiger partial charge < -0.3 is 10.4 Å². The van der Waals surface area contributed by atoms with Crippen molar-refractivity contribution >= 4 is 16.9 Å². The van der Waals surface area contributed by atoms with E-state index in [1.54, 1.807) is 10.9 Å². The predicted octanol–water partition coefficient (Wildman–Crippen LogP) is 2.81. The highest BCUT2D eigenvalue weighted by molar-refractivity contribution is 5.85. The predicted molar refractivity (Wildman–Crippen MR) is 94.9 cm³/mol. The van der Waals surface area contributed by atoms with Gasteiger partial charge in [-0.3, -0.25) is 4.68 Å². The van der Waals surface area contributed by atoms with Gasteiger partial charge in [0.15, 0.2) is 5.65 Å². The molecule has 0 aliphatic rings. The molecule has 0 bridgehead atoms. The molecular weight excluding hydrogens is 302 g/mol. The topological polar surface area (TPSA) is 75.9 Å². The van der Waals surface area contributed by atoms with Crippen LogP contribution < -0.4 is 5.32 Å². The van der Waals surface area contributed by atoms with Gasteiger partial charge in [-0.1, -0.05) is 45.0 Å². The molecule has 1 aromatic carbocycles. The minimum Gasteiger partial charge on any atom is -0.387 e. The first-order valence-electron chi connectivity index (χ1n) is 8.01. The average Bonchev–Trinajstić information content (AvgIpc) is 2.94. The molecule has 24 heavy (non-hydrogen) atoms. The molecule has 6 heteroatoms. The van der Waals surface area contributed by atoms with Crippen molar-refractivity contribution in [3.63, 3.8) is 0 Å². The number of benzene rings is 1. The van der Waals surface area contributed by atoms with Gasteiger partial charge in [0.05, 0.1) is 17.7 Å². The van der Waals surface area contributed by atoms with Crippen molar-refractivity contribution in [3.05, 3.63) is 47.9 Å². The molecule has 0 amide bonds. The zero-order valence-corrected chi connectivity index (χ0v) is 14.5. The highest BCUT2D eigenvalue weighted by Gasteiger charge is 2.15. The third-order valence-electron chi connectivity index (χ3n) is 4.15. The zero-order valence-electron chi connectivity index (χ0n) is 14.5. The first-order valence-corrected chi connectivity index (χ1v) is 8.01. The quantitative estimate of drug-likeness (QED) is 0.771. The number of anilines is 1. The second-order valence-corrected chi connectivity index (χ2v) is 7.00. The van der Waals surface area contributed by atoms with Crippen molar-refractivity contribution in [2.45, 2.75) is 32.3 Å². The van der Waals surface area contributed by atoms with Crippen LogP contribution in [0.15, 0.2) is 36.8 Å². The lowest BCUT2D eigenvalue weighted by Crippen LogP contribution is -2.14. The number of fused-ring (bicyclic) bond motifs is 1. The van der Waals surface area contributed by atoms with Crippen LogP contribution >= 0.6 is 0 Å². The number of nitrogens with one attached hydrogen (secondary N) is 1. The number of hydrogen-bond donors (Lipinski definition) is 2. The Bertz CT molecular complexity index is 833. The molecule has 6 nitrogen and oxygen atoms in total. The van der Waals surface area contributed by atoms with E-state index in [4.69, 9.17) is 0 Å². The Balaban J connectivity index is 1.72. The summed E-state index contributed by atoms with van der Waals surface area (Å²) in [6.07, 6.45) is 2.61. The van der Waals surface area contributed by atoms with Gasteiger partial charge in [-0.15, -0.1) is 0 Å².